The van der Waals surface area contributed by atoms with Crippen LogP contribution in [-0.4, -0.2) is 48.9 Å². The fourth-order valence-electron chi connectivity index (χ4n) is 3.66. The number of carbonyl (C=O) groups is 1. The van der Waals surface area contributed by atoms with Gasteiger partial charge >= 0.3 is 0 Å². The Morgan fingerprint density at radius 2 is 1.84 bits per heavy atom. The summed E-state index contributed by atoms with van der Waals surface area (Å²) in [5.74, 6) is 0.528. The summed E-state index contributed by atoms with van der Waals surface area (Å²) >= 11 is 1.41. The fraction of sp³-hybridized carbons (Fsp3) is 0.556. The molecule has 0 radical (unpaired) electrons. The third kappa shape index (κ3) is 3.71. The van der Waals surface area contributed by atoms with Crippen LogP contribution in [0.25, 0.3) is 5.69 Å². The van der Waals surface area contributed by atoms with Gasteiger partial charge in [0.15, 0.2) is 0 Å². The number of hydrogen-bond acceptors (Lipinski definition) is 5. The highest BCUT2D eigenvalue weighted by Crippen LogP contribution is 2.26. The van der Waals surface area contributed by atoms with Crippen LogP contribution >= 0.6 is 11.8 Å². The van der Waals surface area contributed by atoms with Gasteiger partial charge in [0.1, 0.15) is 0 Å². The molecule has 7 heteroatoms. The second-order valence-corrected chi connectivity index (χ2v) is 7.77. The van der Waals surface area contributed by atoms with Crippen molar-refractivity contribution in [1.29, 1.82) is 0 Å². The van der Waals surface area contributed by atoms with E-state index in [1.165, 1.54) is 18.2 Å². The molecule has 1 aromatic heterocycles. The molecule has 0 saturated carbocycles. The van der Waals surface area contributed by atoms with Crippen molar-refractivity contribution in [3.8, 4) is 5.69 Å². The quantitative estimate of drug-likeness (QED) is 0.785. The normalized spacial score (nSPS) is 20.7. The van der Waals surface area contributed by atoms with Crippen molar-refractivity contribution in [3.05, 3.63) is 29.3 Å². The Labute approximate surface area is 153 Å². The molecule has 2 heterocycles. The first-order valence-electron chi connectivity index (χ1n) is 8.78. The topological polar surface area (TPSA) is 63.9 Å². The zero-order valence-corrected chi connectivity index (χ0v) is 16.1. The van der Waals surface area contributed by atoms with E-state index in [-0.39, 0.29) is 5.91 Å². The van der Waals surface area contributed by atoms with Crippen molar-refractivity contribution in [1.82, 2.24) is 25.1 Å². The first-order valence-corrected chi connectivity index (χ1v) is 9.76. The molecule has 1 aliphatic heterocycles. The van der Waals surface area contributed by atoms with Gasteiger partial charge in [0.2, 0.25) is 11.1 Å². The van der Waals surface area contributed by atoms with Crippen molar-refractivity contribution >= 4 is 17.7 Å². The molecule has 1 aromatic carbocycles. The minimum atomic E-state index is 0.167. The molecule has 1 amide bonds. The number of benzene rings is 1. The molecule has 1 saturated heterocycles. The number of para-hydroxylation sites is 1. The minimum absolute atomic E-state index is 0.167. The van der Waals surface area contributed by atoms with Crippen molar-refractivity contribution < 1.29 is 4.79 Å². The van der Waals surface area contributed by atoms with Crippen LogP contribution in [0.3, 0.4) is 0 Å². The van der Waals surface area contributed by atoms with E-state index in [0.717, 1.165) is 29.7 Å². The first kappa shape index (κ1) is 17.9. The summed E-state index contributed by atoms with van der Waals surface area (Å²) in [7, 11) is 0. The lowest BCUT2D eigenvalue weighted by Crippen LogP contribution is -2.48. The van der Waals surface area contributed by atoms with Gasteiger partial charge in [-0.2, -0.15) is 4.68 Å². The highest BCUT2D eigenvalue weighted by atomic mass is 32.2. The lowest BCUT2D eigenvalue weighted by atomic mass is 9.98. The molecular formula is C18H25N5OS. The van der Waals surface area contributed by atoms with Crippen LogP contribution < -0.4 is 0 Å². The number of piperidine rings is 1. The standard InChI is InChI=1S/C18H25N5OS/c1-12-7-5-8-13(2)17(12)23-18(19-20-21-23)25-11-16(24)22-14(3)9-6-10-15(22)4/h5,7-8,14-15H,6,9-11H2,1-4H3/t14-,15-/m0/s1. The minimum Gasteiger partial charge on any atom is -0.337 e. The summed E-state index contributed by atoms with van der Waals surface area (Å²) in [6.07, 6.45) is 3.37. The van der Waals surface area contributed by atoms with E-state index < -0.39 is 0 Å². The van der Waals surface area contributed by atoms with E-state index in [2.05, 4.69) is 29.4 Å². The van der Waals surface area contributed by atoms with Crippen molar-refractivity contribution in [2.45, 2.75) is 64.2 Å². The number of aryl methyl sites for hydroxylation is 2. The zero-order valence-electron chi connectivity index (χ0n) is 15.3. The maximum absolute atomic E-state index is 12.7. The van der Waals surface area contributed by atoms with Crippen molar-refractivity contribution in [2.75, 3.05) is 5.75 Å². The maximum Gasteiger partial charge on any atom is 0.233 e. The van der Waals surface area contributed by atoms with Crippen LogP contribution in [0.2, 0.25) is 0 Å². The molecule has 134 valence electrons. The van der Waals surface area contributed by atoms with Crippen LogP contribution in [-0.2, 0) is 4.79 Å². The smallest absolute Gasteiger partial charge is 0.233 e. The van der Waals surface area contributed by atoms with Gasteiger partial charge in [0.05, 0.1) is 11.4 Å². The molecule has 1 fully saturated rings. The number of rotatable bonds is 4. The summed E-state index contributed by atoms with van der Waals surface area (Å²) in [6, 6.07) is 6.73. The maximum atomic E-state index is 12.7. The van der Waals surface area contributed by atoms with E-state index >= 15 is 0 Å². The van der Waals surface area contributed by atoms with Gasteiger partial charge in [-0.05, 0) is 68.5 Å². The zero-order chi connectivity index (χ0) is 18.0. The Bertz CT molecular complexity index is 729. The molecule has 3 rings (SSSR count). The molecule has 2 aromatic rings. The molecular weight excluding hydrogens is 334 g/mol. The molecule has 0 unspecified atom stereocenters. The largest absolute Gasteiger partial charge is 0.337 e. The summed E-state index contributed by atoms with van der Waals surface area (Å²) in [4.78, 5) is 14.8. The Hall–Kier alpha value is -1.89. The monoisotopic (exact) mass is 359 g/mol. The van der Waals surface area contributed by atoms with Crippen LogP contribution in [0.4, 0.5) is 0 Å². The van der Waals surface area contributed by atoms with Crippen LogP contribution in [0, 0.1) is 13.8 Å². The summed E-state index contributed by atoms with van der Waals surface area (Å²) in [5.41, 5.74) is 3.21. The molecule has 2 atom stereocenters. The SMILES string of the molecule is Cc1cccc(C)c1-n1nnnc1SCC(=O)N1[C@@H](C)CCC[C@@H]1C. The molecule has 0 N–H and O–H groups in total. The molecule has 25 heavy (non-hydrogen) atoms. The molecule has 1 aliphatic rings. The van der Waals surface area contributed by atoms with E-state index in [4.69, 9.17) is 0 Å². The van der Waals surface area contributed by atoms with Gasteiger partial charge in [0, 0.05) is 12.1 Å². The number of thioether (sulfide) groups is 1. The van der Waals surface area contributed by atoms with Gasteiger partial charge in [-0.3, -0.25) is 4.79 Å². The van der Waals surface area contributed by atoms with E-state index in [1.54, 1.807) is 4.68 Å². The summed E-state index contributed by atoms with van der Waals surface area (Å²) < 4.78 is 1.74. The number of likely N-dealkylation sites (tertiary alicyclic amines) is 1. The van der Waals surface area contributed by atoms with Crippen molar-refractivity contribution in [2.24, 2.45) is 0 Å². The van der Waals surface area contributed by atoms with Gasteiger partial charge in [-0.15, -0.1) is 5.10 Å². The highest BCUT2D eigenvalue weighted by molar-refractivity contribution is 7.99. The Kier molecular flexibility index (Phi) is 5.42. The number of hydrogen-bond donors (Lipinski definition) is 0. The van der Waals surface area contributed by atoms with Gasteiger partial charge < -0.3 is 4.90 Å². The van der Waals surface area contributed by atoms with Gasteiger partial charge in [-0.25, -0.2) is 0 Å². The number of nitrogens with zero attached hydrogens (tertiary/aromatic N) is 5. The van der Waals surface area contributed by atoms with Crippen LogP contribution in [0.5, 0.6) is 0 Å². The number of amides is 1. The third-order valence-electron chi connectivity index (χ3n) is 4.90. The molecule has 0 bridgehead atoms. The van der Waals surface area contributed by atoms with E-state index in [0.29, 0.717) is 23.0 Å². The predicted molar refractivity (Wildman–Crippen MR) is 99.0 cm³/mol. The number of tetrazole rings is 1. The first-order chi connectivity index (χ1) is 12.0. The molecule has 0 aliphatic carbocycles. The Balaban J connectivity index is 1.75. The number of aromatic nitrogens is 4. The summed E-state index contributed by atoms with van der Waals surface area (Å²) in [6.45, 7) is 8.36. The predicted octanol–water partition coefficient (Wildman–Crippen LogP) is 3.16. The molecule has 6 nitrogen and oxygen atoms in total. The average Bonchev–Trinajstić information content (AvgIpc) is 3.01. The number of carbonyl (C=O) groups excluding carboxylic acids is 1. The second-order valence-electron chi connectivity index (χ2n) is 6.83. The summed E-state index contributed by atoms with van der Waals surface area (Å²) in [5, 5.41) is 12.7. The Morgan fingerprint density at radius 3 is 2.48 bits per heavy atom. The lowest BCUT2D eigenvalue weighted by Gasteiger charge is -2.39. The van der Waals surface area contributed by atoms with E-state index in [9.17, 15) is 4.79 Å². The fourth-order valence-corrected chi connectivity index (χ4v) is 4.41. The lowest BCUT2D eigenvalue weighted by molar-refractivity contribution is -0.134. The van der Waals surface area contributed by atoms with Crippen molar-refractivity contribution in [3.63, 3.8) is 0 Å². The molecule has 0 spiro atoms. The Morgan fingerprint density at radius 1 is 1.20 bits per heavy atom. The van der Waals surface area contributed by atoms with Gasteiger partial charge in [0.25, 0.3) is 0 Å². The van der Waals surface area contributed by atoms with E-state index in [1.807, 2.05) is 36.9 Å². The van der Waals surface area contributed by atoms with Gasteiger partial charge in [-0.1, -0.05) is 30.0 Å². The van der Waals surface area contributed by atoms with Crippen LogP contribution in [0.1, 0.15) is 44.2 Å². The third-order valence-corrected chi connectivity index (χ3v) is 5.80. The van der Waals surface area contributed by atoms with Crippen LogP contribution in [0.15, 0.2) is 23.4 Å². The second kappa shape index (κ2) is 7.56. The average molecular weight is 359 g/mol. The highest BCUT2D eigenvalue weighted by Gasteiger charge is 2.29.